The standard InChI is InChI=1S/C20H32O5/c1-2-3-6-9-15(21)12-13-17-16(18(22)14-19(17)23)10-7-4-5-8-11-20(24)25/h15-17,19,21,23H,2-11,14H2,1H3,(H,24,25)/t15-,16-,17+,19-/m1/s1. The number of aliphatic hydroxyl groups is 2. The summed E-state index contributed by atoms with van der Waals surface area (Å²) in [6, 6.07) is 0. The number of hydrogen-bond donors (Lipinski definition) is 3. The number of aliphatic hydroxyl groups excluding tert-OH is 2. The van der Waals surface area contributed by atoms with Crippen molar-refractivity contribution in [3.8, 4) is 11.8 Å². The molecule has 0 aromatic rings. The minimum Gasteiger partial charge on any atom is -0.481 e. The van der Waals surface area contributed by atoms with E-state index >= 15 is 0 Å². The summed E-state index contributed by atoms with van der Waals surface area (Å²) >= 11 is 0. The van der Waals surface area contributed by atoms with E-state index in [0.29, 0.717) is 19.3 Å². The highest BCUT2D eigenvalue weighted by molar-refractivity contribution is 5.84. The summed E-state index contributed by atoms with van der Waals surface area (Å²) in [5.41, 5.74) is 0. The van der Waals surface area contributed by atoms with E-state index in [-0.39, 0.29) is 30.5 Å². The second-order valence-corrected chi connectivity index (χ2v) is 7.02. The van der Waals surface area contributed by atoms with Gasteiger partial charge in [0.2, 0.25) is 0 Å². The SMILES string of the molecule is CCCCC[C@@H](O)C#C[C@@H]1[C@H](O)CC(=O)[C@@H]1CCCCCCC(=O)O. The van der Waals surface area contributed by atoms with Crippen molar-refractivity contribution >= 4 is 11.8 Å². The lowest BCUT2D eigenvalue weighted by molar-refractivity contribution is -0.137. The van der Waals surface area contributed by atoms with Gasteiger partial charge in [-0.2, -0.15) is 0 Å². The molecule has 0 aliphatic heterocycles. The summed E-state index contributed by atoms with van der Waals surface area (Å²) in [6.07, 6.45) is 6.50. The molecule has 4 atom stereocenters. The summed E-state index contributed by atoms with van der Waals surface area (Å²) < 4.78 is 0. The van der Waals surface area contributed by atoms with Crippen LogP contribution in [0.2, 0.25) is 0 Å². The largest absolute Gasteiger partial charge is 0.481 e. The molecule has 0 aromatic heterocycles. The fourth-order valence-corrected chi connectivity index (χ4v) is 3.34. The van der Waals surface area contributed by atoms with Gasteiger partial charge in [0.25, 0.3) is 0 Å². The van der Waals surface area contributed by atoms with Gasteiger partial charge in [-0.1, -0.05) is 50.9 Å². The molecule has 0 amide bonds. The molecule has 5 heteroatoms. The maximum Gasteiger partial charge on any atom is 0.303 e. The van der Waals surface area contributed by atoms with Crippen LogP contribution in [0, 0.1) is 23.7 Å². The van der Waals surface area contributed by atoms with Gasteiger partial charge < -0.3 is 15.3 Å². The first kappa shape index (κ1) is 21.7. The predicted octanol–water partition coefficient (Wildman–Crippen LogP) is 2.92. The fourth-order valence-electron chi connectivity index (χ4n) is 3.34. The third kappa shape index (κ3) is 8.51. The molecule has 142 valence electrons. The van der Waals surface area contributed by atoms with E-state index < -0.39 is 18.2 Å². The molecule has 1 aliphatic carbocycles. The monoisotopic (exact) mass is 352 g/mol. The highest BCUT2D eigenvalue weighted by atomic mass is 16.4. The molecule has 1 fully saturated rings. The summed E-state index contributed by atoms with van der Waals surface area (Å²) in [5.74, 6) is 4.41. The van der Waals surface area contributed by atoms with Crippen LogP contribution in [0.4, 0.5) is 0 Å². The Hall–Kier alpha value is -1.38. The van der Waals surface area contributed by atoms with Gasteiger partial charge in [0.1, 0.15) is 11.9 Å². The number of carbonyl (C=O) groups is 2. The van der Waals surface area contributed by atoms with E-state index in [4.69, 9.17) is 5.11 Å². The Bertz CT molecular complexity index is 476. The van der Waals surface area contributed by atoms with Crippen LogP contribution < -0.4 is 0 Å². The van der Waals surface area contributed by atoms with Crippen LogP contribution >= 0.6 is 0 Å². The van der Waals surface area contributed by atoms with Gasteiger partial charge in [0.05, 0.1) is 12.0 Å². The second-order valence-electron chi connectivity index (χ2n) is 7.02. The Morgan fingerprint density at radius 3 is 2.60 bits per heavy atom. The molecular weight excluding hydrogens is 320 g/mol. The minimum atomic E-state index is -0.776. The molecule has 0 unspecified atom stereocenters. The van der Waals surface area contributed by atoms with Crippen LogP contribution in [-0.2, 0) is 9.59 Å². The summed E-state index contributed by atoms with van der Waals surface area (Å²) in [5, 5.41) is 28.6. The average molecular weight is 352 g/mol. The third-order valence-electron chi connectivity index (χ3n) is 4.83. The number of carboxylic acid groups (broad SMARTS) is 1. The Kier molecular flexibility index (Phi) is 10.4. The molecule has 0 spiro atoms. The zero-order valence-corrected chi connectivity index (χ0v) is 15.2. The van der Waals surface area contributed by atoms with E-state index in [1.165, 1.54) is 0 Å². The van der Waals surface area contributed by atoms with Gasteiger partial charge in [-0.25, -0.2) is 0 Å². The van der Waals surface area contributed by atoms with Crippen molar-refractivity contribution in [3.05, 3.63) is 0 Å². The topological polar surface area (TPSA) is 94.8 Å². The molecule has 1 saturated carbocycles. The zero-order chi connectivity index (χ0) is 18.7. The molecular formula is C20H32O5. The highest BCUT2D eigenvalue weighted by Gasteiger charge is 2.40. The average Bonchev–Trinajstić information content (AvgIpc) is 2.82. The van der Waals surface area contributed by atoms with Gasteiger partial charge in [-0.15, -0.1) is 0 Å². The van der Waals surface area contributed by atoms with Crippen molar-refractivity contribution in [2.75, 3.05) is 0 Å². The van der Waals surface area contributed by atoms with Crippen LogP contribution in [-0.4, -0.2) is 39.3 Å². The first-order valence-corrected chi connectivity index (χ1v) is 9.57. The molecule has 3 N–H and O–H groups in total. The van der Waals surface area contributed by atoms with E-state index in [1.807, 2.05) is 0 Å². The minimum absolute atomic E-state index is 0.0535. The first-order chi connectivity index (χ1) is 12.0. The van der Waals surface area contributed by atoms with Crippen LogP contribution in [0.5, 0.6) is 0 Å². The van der Waals surface area contributed by atoms with Gasteiger partial charge >= 0.3 is 5.97 Å². The Morgan fingerprint density at radius 2 is 1.92 bits per heavy atom. The number of unbranched alkanes of at least 4 members (excludes halogenated alkanes) is 5. The number of Topliss-reactive ketones (excluding diaryl/α,β-unsaturated/α-hetero) is 1. The molecule has 1 aliphatic rings. The van der Waals surface area contributed by atoms with Gasteiger partial charge in [-0.3, -0.25) is 9.59 Å². The molecule has 1 rings (SSSR count). The van der Waals surface area contributed by atoms with Crippen molar-refractivity contribution in [3.63, 3.8) is 0 Å². The van der Waals surface area contributed by atoms with Gasteiger partial charge in [0, 0.05) is 18.8 Å². The van der Waals surface area contributed by atoms with E-state index in [9.17, 15) is 19.8 Å². The second kappa shape index (κ2) is 12.1. The Balaban J connectivity index is 2.42. The predicted molar refractivity (Wildman–Crippen MR) is 95.9 cm³/mol. The number of ketones is 1. The number of rotatable bonds is 11. The molecule has 0 heterocycles. The van der Waals surface area contributed by atoms with Crippen molar-refractivity contribution in [1.82, 2.24) is 0 Å². The van der Waals surface area contributed by atoms with Crippen molar-refractivity contribution in [2.24, 2.45) is 11.8 Å². The number of aliphatic carboxylic acids is 1. The zero-order valence-electron chi connectivity index (χ0n) is 15.2. The van der Waals surface area contributed by atoms with Gasteiger partial charge in [-0.05, 0) is 25.7 Å². The number of hydrogen-bond acceptors (Lipinski definition) is 4. The quantitative estimate of drug-likeness (QED) is 0.392. The molecule has 0 radical (unpaired) electrons. The molecule has 5 nitrogen and oxygen atoms in total. The smallest absolute Gasteiger partial charge is 0.303 e. The summed E-state index contributed by atoms with van der Waals surface area (Å²) in [4.78, 5) is 22.6. The highest BCUT2D eigenvalue weighted by Crippen LogP contribution is 2.33. The summed E-state index contributed by atoms with van der Waals surface area (Å²) in [6.45, 7) is 2.10. The first-order valence-electron chi connectivity index (χ1n) is 9.57. The number of carboxylic acids is 1. The van der Waals surface area contributed by atoms with Crippen molar-refractivity contribution in [2.45, 2.75) is 89.8 Å². The maximum atomic E-state index is 12.1. The number of carbonyl (C=O) groups excluding carboxylic acids is 1. The van der Waals surface area contributed by atoms with Crippen molar-refractivity contribution in [1.29, 1.82) is 0 Å². The van der Waals surface area contributed by atoms with Crippen LogP contribution in [0.3, 0.4) is 0 Å². The molecule has 0 aromatic carbocycles. The van der Waals surface area contributed by atoms with E-state index in [0.717, 1.165) is 38.5 Å². The van der Waals surface area contributed by atoms with Crippen molar-refractivity contribution < 1.29 is 24.9 Å². The Morgan fingerprint density at radius 1 is 1.20 bits per heavy atom. The van der Waals surface area contributed by atoms with Crippen LogP contribution in [0.25, 0.3) is 0 Å². The van der Waals surface area contributed by atoms with Crippen LogP contribution in [0.1, 0.15) is 77.6 Å². The normalized spacial score (nSPS) is 24.0. The van der Waals surface area contributed by atoms with Crippen LogP contribution in [0.15, 0.2) is 0 Å². The third-order valence-corrected chi connectivity index (χ3v) is 4.83. The maximum absolute atomic E-state index is 12.1. The lowest BCUT2D eigenvalue weighted by atomic mass is 9.89. The Labute approximate surface area is 150 Å². The van der Waals surface area contributed by atoms with E-state index in [2.05, 4.69) is 18.8 Å². The molecule has 0 bridgehead atoms. The fraction of sp³-hybridized carbons (Fsp3) is 0.800. The lowest BCUT2D eigenvalue weighted by Gasteiger charge is -2.15. The van der Waals surface area contributed by atoms with Gasteiger partial charge in [0.15, 0.2) is 0 Å². The molecule has 25 heavy (non-hydrogen) atoms. The summed E-state index contributed by atoms with van der Waals surface area (Å²) in [7, 11) is 0. The molecule has 0 saturated heterocycles. The van der Waals surface area contributed by atoms with E-state index in [1.54, 1.807) is 0 Å². The lowest BCUT2D eigenvalue weighted by Crippen LogP contribution is -2.19.